The van der Waals surface area contributed by atoms with E-state index in [2.05, 4.69) is 5.32 Å². The van der Waals surface area contributed by atoms with Gasteiger partial charge in [0.1, 0.15) is 11.6 Å². The second kappa shape index (κ2) is 9.91. The number of carbonyl (C=O) groups is 2. The summed E-state index contributed by atoms with van der Waals surface area (Å²) >= 11 is 11.9. The van der Waals surface area contributed by atoms with E-state index in [1.165, 1.54) is 24.3 Å². The van der Waals surface area contributed by atoms with Crippen molar-refractivity contribution in [1.82, 2.24) is 9.80 Å². The number of anilines is 1. The summed E-state index contributed by atoms with van der Waals surface area (Å²) in [4.78, 5) is 28.1. The van der Waals surface area contributed by atoms with E-state index in [1.54, 1.807) is 23.1 Å². The number of rotatable bonds is 6. The lowest BCUT2D eigenvalue weighted by Gasteiger charge is -2.34. The quantitative estimate of drug-likeness (QED) is 0.749. The average molecular weight is 440 g/mol. The third kappa shape index (κ3) is 6.32. The molecule has 1 aliphatic rings. The van der Waals surface area contributed by atoms with Gasteiger partial charge in [0.15, 0.2) is 6.61 Å². The first kappa shape index (κ1) is 21.4. The van der Waals surface area contributed by atoms with Crippen LogP contribution in [0.15, 0.2) is 42.5 Å². The molecule has 1 N–H and O–H groups in total. The molecule has 0 aliphatic carbocycles. The molecule has 154 valence electrons. The van der Waals surface area contributed by atoms with Crippen molar-refractivity contribution in [2.75, 3.05) is 44.6 Å². The second-order valence-electron chi connectivity index (χ2n) is 6.58. The fraction of sp³-hybridized carbons (Fsp3) is 0.300. The van der Waals surface area contributed by atoms with E-state index in [0.29, 0.717) is 47.7 Å². The third-order valence-corrected chi connectivity index (χ3v) is 5.00. The third-order valence-electron chi connectivity index (χ3n) is 4.47. The van der Waals surface area contributed by atoms with Crippen molar-refractivity contribution in [3.8, 4) is 5.75 Å². The minimum atomic E-state index is -0.355. The van der Waals surface area contributed by atoms with Gasteiger partial charge in [-0.2, -0.15) is 0 Å². The number of hydrogen-bond donors (Lipinski definition) is 1. The van der Waals surface area contributed by atoms with E-state index in [0.717, 1.165) is 0 Å². The molecule has 0 spiro atoms. The summed E-state index contributed by atoms with van der Waals surface area (Å²) in [6.07, 6.45) is 0. The van der Waals surface area contributed by atoms with Gasteiger partial charge in [-0.15, -0.1) is 0 Å². The van der Waals surface area contributed by atoms with Gasteiger partial charge in [-0.05, 0) is 42.5 Å². The Kier molecular flexibility index (Phi) is 7.30. The molecule has 0 unspecified atom stereocenters. The highest BCUT2D eigenvalue weighted by Crippen LogP contribution is 2.27. The standard InChI is InChI=1S/C20H20Cl2FN3O3/c21-14-1-6-18(17(22)11-14)29-13-20(28)26-9-7-25(8-10-26)12-19(27)24-16-4-2-15(23)3-5-16/h1-6,11H,7-10,12-13H2,(H,24,27). The molecule has 9 heteroatoms. The van der Waals surface area contributed by atoms with Crippen molar-refractivity contribution < 1.29 is 18.7 Å². The van der Waals surface area contributed by atoms with Gasteiger partial charge < -0.3 is 15.0 Å². The Labute approximate surface area is 178 Å². The number of amides is 2. The van der Waals surface area contributed by atoms with Crippen molar-refractivity contribution >= 4 is 40.7 Å². The monoisotopic (exact) mass is 439 g/mol. The van der Waals surface area contributed by atoms with Gasteiger partial charge in [0.25, 0.3) is 5.91 Å². The first-order valence-electron chi connectivity index (χ1n) is 9.04. The van der Waals surface area contributed by atoms with Crippen molar-refractivity contribution in [3.63, 3.8) is 0 Å². The largest absolute Gasteiger partial charge is 0.482 e. The van der Waals surface area contributed by atoms with Crippen molar-refractivity contribution in [3.05, 3.63) is 58.3 Å². The molecule has 2 aromatic rings. The van der Waals surface area contributed by atoms with Crippen molar-refractivity contribution in [1.29, 1.82) is 0 Å². The first-order valence-corrected chi connectivity index (χ1v) is 9.80. The summed E-state index contributed by atoms with van der Waals surface area (Å²) in [5.74, 6) is -0.282. The predicted molar refractivity (Wildman–Crippen MR) is 110 cm³/mol. The molecular formula is C20H20Cl2FN3O3. The number of piperazine rings is 1. The van der Waals surface area contributed by atoms with Gasteiger partial charge in [-0.1, -0.05) is 23.2 Å². The highest BCUT2D eigenvalue weighted by Gasteiger charge is 2.23. The lowest BCUT2D eigenvalue weighted by atomic mass is 10.3. The van der Waals surface area contributed by atoms with Crippen LogP contribution >= 0.6 is 23.2 Å². The van der Waals surface area contributed by atoms with E-state index >= 15 is 0 Å². The Balaban J connectivity index is 1.40. The molecule has 3 rings (SSSR count). The van der Waals surface area contributed by atoms with Crippen LogP contribution in [-0.2, 0) is 9.59 Å². The molecule has 6 nitrogen and oxygen atoms in total. The van der Waals surface area contributed by atoms with E-state index in [4.69, 9.17) is 27.9 Å². The van der Waals surface area contributed by atoms with E-state index in [-0.39, 0.29) is 30.8 Å². The molecule has 1 heterocycles. The van der Waals surface area contributed by atoms with E-state index in [9.17, 15) is 14.0 Å². The summed E-state index contributed by atoms with van der Waals surface area (Å²) in [6.45, 7) is 2.23. The number of carbonyl (C=O) groups excluding carboxylic acids is 2. The number of nitrogens with zero attached hydrogens (tertiary/aromatic N) is 2. The van der Waals surface area contributed by atoms with Crippen LogP contribution in [0.2, 0.25) is 10.0 Å². The van der Waals surface area contributed by atoms with Gasteiger partial charge in [-0.3, -0.25) is 14.5 Å². The number of benzene rings is 2. The Morgan fingerprint density at radius 1 is 1.03 bits per heavy atom. The first-order chi connectivity index (χ1) is 13.9. The number of hydrogen-bond acceptors (Lipinski definition) is 4. The SMILES string of the molecule is O=C(CN1CCN(C(=O)COc2ccc(Cl)cc2Cl)CC1)Nc1ccc(F)cc1. The molecule has 1 aliphatic heterocycles. The molecular weight excluding hydrogens is 420 g/mol. The van der Waals surface area contributed by atoms with E-state index in [1.807, 2.05) is 4.90 Å². The molecule has 1 fully saturated rings. The van der Waals surface area contributed by atoms with Gasteiger partial charge in [0.05, 0.1) is 11.6 Å². The summed E-state index contributed by atoms with van der Waals surface area (Å²) < 4.78 is 18.4. The normalized spacial score (nSPS) is 14.5. The van der Waals surface area contributed by atoms with Crippen LogP contribution in [-0.4, -0.2) is 60.9 Å². The molecule has 2 aromatic carbocycles. The molecule has 0 radical (unpaired) electrons. The number of ether oxygens (including phenoxy) is 1. The van der Waals surface area contributed by atoms with Gasteiger partial charge >= 0.3 is 0 Å². The Morgan fingerprint density at radius 2 is 1.72 bits per heavy atom. The molecule has 0 atom stereocenters. The van der Waals surface area contributed by atoms with Crippen molar-refractivity contribution in [2.24, 2.45) is 0 Å². The smallest absolute Gasteiger partial charge is 0.260 e. The summed E-state index contributed by atoms with van der Waals surface area (Å²) in [7, 11) is 0. The highest BCUT2D eigenvalue weighted by atomic mass is 35.5. The van der Waals surface area contributed by atoms with Crippen LogP contribution in [0.25, 0.3) is 0 Å². The van der Waals surface area contributed by atoms with Crippen LogP contribution in [0.4, 0.5) is 10.1 Å². The summed E-state index contributed by atoms with van der Waals surface area (Å²) in [6, 6.07) is 10.4. The van der Waals surface area contributed by atoms with Gasteiger partial charge in [0.2, 0.25) is 5.91 Å². The minimum Gasteiger partial charge on any atom is -0.482 e. The molecule has 0 saturated carbocycles. The summed E-state index contributed by atoms with van der Waals surface area (Å²) in [5, 5.41) is 3.57. The van der Waals surface area contributed by atoms with Crippen LogP contribution < -0.4 is 10.1 Å². The lowest BCUT2D eigenvalue weighted by Crippen LogP contribution is -2.51. The zero-order valence-corrected chi connectivity index (χ0v) is 17.0. The molecule has 0 bridgehead atoms. The van der Waals surface area contributed by atoms with Crippen LogP contribution in [0.3, 0.4) is 0 Å². The number of halogens is 3. The van der Waals surface area contributed by atoms with Gasteiger partial charge in [0, 0.05) is 36.9 Å². The molecule has 0 aromatic heterocycles. The highest BCUT2D eigenvalue weighted by molar-refractivity contribution is 6.35. The van der Waals surface area contributed by atoms with E-state index < -0.39 is 0 Å². The van der Waals surface area contributed by atoms with Crippen molar-refractivity contribution in [2.45, 2.75) is 0 Å². The predicted octanol–water partition coefficient (Wildman–Crippen LogP) is 3.29. The zero-order valence-electron chi connectivity index (χ0n) is 15.5. The lowest BCUT2D eigenvalue weighted by molar-refractivity contribution is -0.135. The second-order valence-corrected chi connectivity index (χ2v) is 7.42. The maximum Gasteiger partial charge on any atom is 0.260 e. The number of nitrogens with one attached hydrogen (secondary N) is 1. The maximum atomic E-state index is 12.9. The zero-order chi connectivity index (χ0) is 20.8. The topological polar surface area (TPSA) is 61.9 Å². The average Bonchev–Trinajstić information content (AvgIpc) is 2.69. The summed E-state index contributed by atoms with van der Waals surface area (Å²) in [5.41, 5.74) is 0.545. The van der Waals surface area contributed by atoms with Gasteiger partial charge in [-0.25, -0.2) is 4.39 Å². The Bertz CT molecular complexity index is 872. The molecule has 29 heavy (non-hydrogen) atoms. The fourth-order valence-electron chi connectivity index (χ4n) is 2.92. The molecule has 1 saturated heterocycles. The Morgan fingerprint density at radius 3 is 2.38 bits per heavy atom. The minimum absolute atomic E-state index is 0.119. The fourth-order valence-corrected chi connectivity index (χ4v) is 3.38. The van der Waals surface area contributed by atoms with Crippen LogP contribution in [0, 0.1) is 5.82 Å². The Hall–Kier alpha value is -2.35. The van der Waals surface area contributed by atoms with Crippen LogP contribution in [0.1, 0.15) is 0 Å². The van der Waals surface area contributed by atoms with Crippen LogP contribution in [0.5, 0.6) is 5.75 Å². The molecule has 2 amide bonds. The maximum absolute atomic E-state index is 12.9.